The van der Waals surface area contributed by atoms with Crippen molar-refractivity contribution in [3.63, 3.8) is 0 Å². The van der Waals surface area contributed by atoms with Gasteiger partial charge in [0.25, 0.3) is 5.91 Å². The van der Waals surface area contributed by atoms with Crippen LogP contribution in [-0.4, -0.2) is 64.8 Å². The largest absolute Gasteiger partial charge is 0.449 e. The third-order valence-corrected chi connectivity index (χ3v) is 5.85. The van der Waals surface area contributed by atoms with Gasteiger partial charge in [-0.05, 0) is 43.6 Å². The van der Waals surface area contributed by atoms with E-state index in [0.29, 0.717) is 25.3 Å². The number of hydrogen-bond acceptors (Lipinski definition) is 5. The maximum atomic E-state index is 12.9. The molecule has 0 atom stereocenters. The standard InChI is InChI=1S/C18H25N3O3S/c1-2-13-25-16-15(5-3-8-19-16)17(22)20-10-6-14(7-11-20)21-9-4-12-24-18(21)23/h3,5,8,14H,2,4,6-7,9-13H2,1H3. The Morgan fingerprint density at radius 3 is 2.88 bits per heavy atom. The van der Waals surface area contributed by atoms with E-state index >= 15 is 0 Å². The van der Waals surface area contributed by atoms with Crippen molar-refractivity contribution in [3.05, 3.63) is 23.9 Å². The van der Waals surface area contributed by atoms with E-state index in [1.54, 1.807) is 18.0 Å². The first-order valence-electron chi connectivity index (χ1n) is 9.01. The number of carbonyl (C=O) groups is 2. The Labute approximate surface area is 152 Å². The van der Waals surface area contributed by atoms with E-state index < -0.39 is 0 Å². The van der Waals surface area contributed by atoms with Gasteiger partial charge in [-0.3, -0.25) is 4.79 Å². The van der Waals surface area contributed by atoms with Gasteiger partial charge in [0, 0.05) is 31.9 Å². The molecule has 2 fully saturated rings. The SMILES string of the molecule is CCCSc1ncccc1C(=O)N1CCC(N2CCCOC2=O)CC1. The lowest BCUT2D eigenvalue weighted by molar-refractivity contribution is 0.0355. The van der Waals surface area contributed by atoms with Gasteiger partial charge in [0.15, 0.2) is 0 Å². The van der Waals surface area contributed by atoms with Crippen molar-refractivity contribution in [1.29, 1.82) is 0 Å². The van der Waals surface area contributed by atoms with Gasteiger partial charge in [0.1, 0.15) is 5.03 Å². The maximum absolute atomic E-state index is 12.9. The van der Waals surface area contributed by atoms with Crippen molar-refractivity contribution in [3.8, 4) is 0 Å². The van der Waals surface area contributed by atoms with Crippen molar-refractivity contribution < 1.29 is 14.3 Å². The highest BCUT2D eigenvalue weighted by molar-refractivity contribution is 7.99. The minimum atomic E-state index is -0.207. The lowest BCUT2D eigenvalue weighted by atomic mass is 10.0. The van der Waals surface area contributed by atoms with E-state index in [1.165, 1.54) is 0 Å². The van der Waals surface area contributed by atoms with Crippen molar-refractivity contribution in [1.82, 2.24) is 14.8 Å². The summed E-state index contributed by atoms with van der Waals surface area (Å²) in [4.78, 5) is 32.9. The summed E-state index contributed by atoms with van der Waals surface area (Å²) in [5, 5.41) is 0.816. The first-order valence-corrected chi connectivity index (χ1v) is 9.99. The number of piperidine rings is 1. The smallest absolute Gasteiger partial charge is 0.410 e. The second-order valence-electron chi connectivity index (χ2n) is 6.39. The summed E-state index contributed by atoms with van der Waals surface area (Å²) in [6, 6.07) is 3.86. The Hall–Kier alpha value is -1.76. The van der Waals surface area contributed by atoms with Gasteiger partial charge in [0.05, 0.1) is 12.2 Å². The number of hydrogen-bond donors (Lipinski definition) is 0. The van der Waals surface area contributed by atoms with Crippen LogP contribution in [0.1, 0.15) is 43.0 Å². The molecule has 0 unspecified atom stereocenters. The lowest BCUT2D eigenvalue weighted by Gasteiger charge is -2.39. The molecular formula is C18H25N3O3S. The van der Waals surface area contributed by atoms with Crippen LogP contribution in [0.2, 0.25) is 0 Å². The minimum Gasteiger partial charge on any atom is -0.449 e. The van der Waals surface area contributed by atoms with Gasteiger partial charge >= 0.3 is 6.09 Å². The maximum Gasteiger partial charge on any atom is 0.410 e. The van der Waals surface area contributed by atoms with Gasteiger partial charge in [-0.2, -0.15) is 0 Å². The zero-order valence-electron chi connectivity index (χ0n) is 14.6. The molecule has 1 aromatic rings. The first-order chi connectivity index (χ1) is 12.2. The zero-order valence-corrected chi connectivity index (χ0v) is 15.5. The fraction of sp³-hybridized carbons (Fsp3) is 0.611. The van der Waals surface area contributed by atoms with E-state index in [4.69, 9.17) is 4.74 Å². The minimum absolute atomic E-state index is 0.0476. The molecule has 3 rings (SSSR count). The van der Waals surface area contributed by atoms with E-state index in [2.05, 4.69) is 11.9 Å². The summed E-state index contributed by atoms with van der Waals surface area (Å²) in [6.07, 6.45) is 5.08. The molecule has 25 heavy (non-hydrogen) atoms. The Balaban J connectivity index is 1.61. The second kappa shape index (κ2) is 8.56. The number of carbonyl (C=O) groups excluding carboxylic acids is 2. The van der Waals surface area contributed by atoms with Gasteiger partial charge in [-0.1, -0.05) is 6.92 Å². The number of pyridine rings is 1. The number of amides is 2. The third kappa shape index (κ3) is 4.26. The zero-order chi connectivity index (χ0) is 17.6. The molecule has 2 amide bonds. The monoisotopic (exact) mass is 363 g/mol. The first kappa shape index (κ1) is 18.0. The number of cyclic esters (lactones) is 1. The quantitative estimate of drug-likeness (QED) is 0.753. The van der Waals surface area contributed by atoms with Crippen LogP contribution in [0.15, 0.2) is 23.4 Å². The van der Waals surface area contributed by atoms with Crippen LogP contribution < -0.4 is 0 Å². The molecular weight excluding hydrogens is 338 g/mol. The van der Waals surface area contributed by atoms with Crippen molar-refractivity contribution in [2.75, 3.05) is 32.0 Å². The van der Waals surface area contributed by atoms with Crippen molar-refractivity contribution in [2.24, 2.45) is 0 Å². The molecule has 0 saturated carbocycles. The predicted molar refractivity (Wildman–Crippen MR) is 96.8 cm³/mol. The summed E-state index contributed by atoms with van der Waals surface area (Å²) in [7, 11) is 0. The van der Waals surface area contributed by atoms with Crippen LogP contribution in [0.4, 0.5) is 4.79 Å². The van der Waals surface area contributed by atoms with Crippen LogP contribution in [0.3, 0.4) is 0 Å². The number of ether oxygens (including phenoxy) is 1. The number of aromatic nitrogens is 1. The van der Waals surface area contributed by atoms with Gasteiger partial charge in [0.2, 0.25) is 0 Å². The molecule has 136 valence electrons. The molecule has 0 aliphatic carbocycles. The molecule has 0 radical (unpaired) electrons. The second-order valence-corrected chi connectivity index (χ2v) is 7.47. The molecule has 3 heterocycles. The molecule has 0 spiro atoms. The third-order valence-electron chi connectivity index (χ3n) is 4.64. The molecule has 2 aliphatic rings. The van der Waals surface area contributed by atoms with Gasteiger partial charge in [-0.25, -0.2) is 9.78 Å². The number of likely N-dealkylation sites (tertiary alicyclic amines) is 1. The van der Waals surface area contributed by atoms with E-state index in [0.717, 1.165) is 43.0 Å². The average molecular weight is 363 g/mol. The van der Waals surface area contributed by atoms with Crippen LogP contribution in [0.5, 0.6) is 0 Å². The number of thioether (sulfide) groups is 1. The molecule has 1 aromatic heterocycles. The number of nitrogens with zero attached hydrogens (tertiary/aromatic N) is 3. The Morgan fingerprint density at radius 2 is 2.16 bits per heavy atom. The molecule has 0 aromatic carbocycles. The molecule has 0 N–H and O–H groups in total. The van der Waals surface area contributed by atoms with E-state index in [1.807, 2.05) is 21.9 Å². The lowest BCUT2D eigenvalue weighted by Crippen LogP contribution is -2.51. The van der Waals surface area contributed by atoms with Gasteiger partial charge in [-0.15, -0.1) is 11.8 Å². The highest BCUT2D eigenvalue weighted by atomic mass is 32.2. The van der Waals surface area contributed by atoms with Crippen LogP contribution in [0.25, 0.3) is 0 Å². The fourth-order valence-electron chi connectivity index (χ4n) is 3.32. The van der Waals surface area contributed by atoms with Crippen molar-refractivity contribution >= 4 is 23.8 Å². The Kier molecular flexibility index (Phi) is 6.18. The van der Waals surface area contributed by atoms with E-state index in [-0.39, 0.29) is 18.0 Å². The molecule has 2 saturated heterocycles. The van der Waals surface area contributed by atoms with Crippen LogP contribution in [-0.2, 0) is 4.74 Å². The molecule has 7 heteroatoms. The fourth-order valence-corrected chi connectivity index (χ4v) is 4.16. The number of rotatable bonds is 5. The Morgan fingerprint density at radius 1 is 1.36 bits per heavy atom. The summed E-state index contributed by atoms with van der Waals surface area (Å²) < 4.78 is 5.14. The predicted octanol–water partition coefficient (Wildman–Crippen LogP) is 3.03. The molecule has 2 aliphatic heterocycles. The summed E-state index contributed by atoms with van der Waals surface area (Å²) >= 11 is 1.63. The van der Waals surface area contributed by atoms with Gasteiger partial charge < -0.3 is 14.5 Å². The highest BCUT2D eigenvalue weighted by Crippen LogP contribution is 2.25. The molecule has 0 bridgehead atoms. The summed E-state index contributed by atoms with van der Waals surface area (Å²) in [5.41, 5.74) is 0.691. The van der Waals surface area contributed by atoms with Crippen molar-refractivity contribution in [2.45, 2.75) is 43.7 Å². The summed E-state index contributed by atoms with van der Waals surface area (Å²) in [5.74, 6) is 1.00. The normalized spacial score (nSPS) is 19.0. The van der Waals surface area contributed by atoms with Crippen LogP contribution >= 0.6 is 11.8 Å². The van der Waals surface area contributed by atoms with E-state index in [9.17, 15) is 9.59 Å². The molecule has 6 nitrogen and oxygen atoms in total. The highest BCUT2D eigenvalue weighted by Gasteiger charge is 2.32. The topological polar surface area (TPSA) is 62.7 Å². The average Bonchev–Trinajstić information content (AvgIpc) is 2.66. The van der Waals surface area contributed by atoms with Crippen LogP contribution in [0, 0.1) is 0 Å². The Bertz CT molecular complexity index is 617. The summed E-state index contributed by atoms with van der Waals surface area (Å²) in [6.45, 7) is 4.73.